The van der Waals surface area contributed by atoms with Crippen LogP contribution >= 0.6 is 11.8 Å². The van der Waals surface area contributed by atoms with Crippen LogP contribution in [-0.4, -0.2) is 24.6 Å². The first-order valence-corrected chi connectivity index (χ1v) is 7.98. The molecular weight excluding hydrogens is 296 g/mol. The second kappa shape index (κ2) is 8.24. The van der Waals surface area contributed by atoms with E-state index in [9.17, 15) is 9.59 Å². The summed E-state index contributed by atoms with van der Waals surface area (Å²) >= 11 is 1.63. The van der Waals surface area contributed by atoms with E-state index in [0.717, 1.165) is 4.90 Å². The molecule has 0 saturated carbocycles. The van der Waals surface area contributed by atoms with Crippen molar-refractivity contribution in [1.82, 2.24) is 5.32 Å². The van der Waals surface area contributed by atoms with E-state index >= 15 is 0 Å². The lowest BCUT2D eigenvalue weighted by Gasteiger charge is -2.10. The Morgan fingerprint density at radius 2 is 1.68 bits per heavy atom. The Balaban J connectivity index is 1.88. The Morgan fingerprint density at radius 1 is 1.00 bits per heavy atom. The molecule has 114 valence electrons. The Labute approximate surface area is 134 Å². The summed E-state index contributed by atoms with van der Waals surface area (Å²) in [5.74, 6) is 0.382. The molecule has 0 heterocycles. The van der Waals surface area contributed by atoms with Crippen LogP contribution < -0.4 is 10.6 Å². The summed E-state index contributed by atoms with van der Waals surface area (Å²) in [5, 5.41) is 5.36. The molecule has 0 atom stereocenters. The van der Waals surface area contributed by atoms with Gasteiger partial charge < -0.3 is 10.6 Å². The molecule has 0 fully saturated rings. The second-order valence-corrected chi connectivity index (χ2v) is 5.75. The van der Waals surface area contributed by atoms with Gasteiger partial charge in [0, 0.05) is 24.1 Å². The molecule has 22 heavy (non-hydrogen) atoms. The molecule has 2 aromatic rings. The van der Waals surface area contributed by atoms with Gasteiger partial charge in [0.1, 0.15) is 0 Å². The van der Waals surface area contributed by atoms with Gasteiger partial charge >= 0.3 is 0 Å². The average Bonchev–Trinajstić information content (AvgIpc) is 2.55. The third kappa shape index (κ3) is 4.63. The molecule has 0 aliphatic heterocycles. The number of rotatable bonds is 6. The summed E-state index contributed by atoms with van der Waals surface area (Å²) in [6, 6.07) is 16.9. The number of benzene rings is 2. The molecule has 4 nitrogen and oxygen atoms in total. The van der Waals surface area contributed by atoms with Crippen LogP contribution in [0.2, 0.25) is 0 Å². The minimum Gasteiger partial charge on any atom is -0.355 e. The lowest BCUT2D eigenvalue weighted by molar-refractivity contribution is -0.115. The molecule has 2 rings (SSSR count). The highest BCUT2D eigenvalue weighted by atomic mass is 32.2. The van der Waals surface area contributed by atoms with E-state index in [1.165, 1.54) is 0 Å². The highest BCUT2D eigenvalue weighted by Gasteiger charge is 2.11. The Kier molecular flexibility index (Phi) is 6.03. The average molecular weight is 314 g/mol. The van der Waals surface area contributed by atoms with Crippen LogP contribution in [0.4, 0.5) is 5.69 Å². The van der Waals surface area contributed by atoms with Crippen LogP contribution in [0.3, 0.4) is 0 Å². The fourth-order valence-electron chi connectivity index (χ4n) is 1.92. The van der Waals surface area contributed by atoms with Crippen molar-refractivity contribution in [3.63, 3.8) is 0 Å². The third-order valence-corrected chi connectivity index (χ3v) is 4.03. The number of thioether (sulfide) groups is 1. The number of hydrogen-bond donors (Lipinski definition) is 2. The fourth-order valence-corrected chi connectivity index (χ4v) is 2.79. The van der Waals surface area contributed by atoms with Gasteiger partial charge in [-0.3, -0.25) is 9.59 Å². The zero-order chi connectivity index (χ0) is 15.8. The van der Waals surface area contributed by atoms with Gasteiger partial charge in [0.2, 0.25) is 5.91 Å². The standard InChI is InChI=1S/C17H18N2O2S/c1-18-17(21)14-9-5-6-10-15(14)19-16(20)11-12-22-13-7-3-2-4-8-13/h2-10H,11-12H2,1H3,(H,18,21)(H,19,20). The Hall–Kier alpha value is -2.27. The van der Waals surface area contributed by atoms with Crippen LogP contribution in [0.25, 0.3) is 0 Å². The summed E-state index contributed by atoms with van der Waals surface area (Å²) in [6.07, 6.45) is 0.391. The third-order valence-electron chi connectivity index (χ3n) is 3.01. The quantitative estimate of drug-likeness (QED) is 0.805. The first-order chi connectivity index (χ1) is 10.7. The normalized spacial score (nSPS) is 10.0. The van der Waals surface area contributed by atoms with Crippen LogP contribution in [0.1, 0.15) is 16.8 Å². The van der Waals surface area contributed by atoms with Crippen LogP contribution in [-0.2, 0) is 4.79 Å². The van der Waals surface area contributed by atoms with E-state index in [1.807, 2.05) is 30.3 Å². The van der Waals surface area contributed by atoms with Gasteiger partial charge in [-0.2, -0.15) is 0 Å². The van der Waals surface area contributed by atoms with Crippen molar-refractivity contribution in [3.8, 4) is 0 Å². The van der Waals surface area contributed by atoms with Crippen molar-refractivity contribution in [2.24, 2.45) is 0 Å². The number of para-hydroxylation sites is 1. The van der Waals surface area contributed by atoms with Gasteiger partial charge in [0.15, 0.2) is 0 Å². The molecule has 2 aromatic carbocycles. The molecule has 2 amide bonds. The van der Waals surface area contributed by atoms with Crippen LogP contribution in [0.5, 0.6) is 0 Å². The number of amides is 2. The maximum atomic E-state index is 12.0. The van der Waals surface area contributed by atoms with Crippen molar-refractivity contribution in [3.05, 3.63) is 60.2 Å². The maximum Gasteiger partial charge on any atom is 0.253 e. The first-order valence-electron chi connectivity index (χ1n) is 6.99. The summed E-state index contributed by atoms with van der Waals surface area (Å²) < 4.78 is 0. The molecule has 0 spiro atoms. The van der Waals surface area contributed by atoms with Gasteiger partial charge in [-0.1, -0.05) is 30.3 Å². The zero-order valence-electron chi connectivity index (χ0n) is 12.3. The highest BCUT2D eigenvalue weighted by Crippen LogP contribution is 2.19. The summed E-state index contributed by atoms with van der Waals surface area (Å²) in [6.45, 7) is 0. The highest BCUT2D eigenvalue weighted by molar-refractivity contribution is 7.99. The minimum absolute atomic E-state index is 0.0974. The molecule has 0 aliphatic carbocycles. The molecule has 5 heteroatoms. The molecule has 0 aliphatic rings. The van der Waals surface area contributed by atoms with E-state index in [0.29, 0.717) is 23.4 Å². The second-order valence-electron chi connectivity index (χ2n) is 4.58. The number of carbonyl (C=O) groups excluding carboxylic acids is 2. The fraction of sp³-hybridized carbons (Fsp3) is 0.176. The molecule has 2 N–H and O–H groups in total. The first kappa shape index (κ1) is 16.1. The molecule has 0 bridgehead atoms. The summed E-state index contributed by atoms with van der Waals surface area (Å²) in [4.78, 5) is 24.9. The smallest absolute Gasteiger partial charge is 0.253 e. The van der Waals surface area contributed by atoms with Crippen LogP contribution in [0.15, 0.2) is 59.5 Å². The van der Waals surface area contributed by atoms with E-state index in [1.54, 1.807) is 43.1 Å². The molecule has 0 saturated heterocycles. The van der Waals surface area contributed by atoms with Crippen molar-refractivity contribution >= 4 is 29.3 Å². The van der Waals surface area contributed by atoms with Gasteiger partial charge in [-0.15, -0.1) is 11.8 Å². The predicted octanol–water partition coefficient (Wildman–Crippen LogP) is 3.17. The zero-order valence-corrected chi connectivity index (χ0v) is 13.2. The summed E-state index contributed by atoms with van der Waals surface area (Å²) in [7, 11) is 1.57. The van der Waals surface area contributed by atoms with Crippen molar-refractivity contribution in [2.75, 3.05) is 18.1 Å². The van der Waals surface area contributed by atoms with Crippen molar-refractivity contribution in [2.45, 2.75) is 11.3 Å². The number of nitrogens with one attached hydrogen (secondary N) is 2. The van der Waals surface area contributed by atoms with Gasteiger partial charge in [-0.25, -0.2) is 0 Å². The predicted molar refractivity (Wildman–Crippen MR) is 90.2 cm³/mol. The largest absolute Gasteiger partial charge is 0.355 e. The number of anilines is 1. The monoisotopic (exact) mass is 314 g/mol. The lowest BCUT2D eigenvalue weighted by atomic mass is 10.1. The Bertz CT molecular complexity index is 644. The lowest BCUT2D eigenvalue weighted by Crippen LogP contribution is -2.21. The van der Waals surface area contributed by atoms with E-state index in [4.69, 9.17) is 0 Å². The van der Waals surface area contributed by atoms with E-state index in [2.05, 4.69) is 10.6 Å². The van der Waals surface area contributed by atoms with E-state index in [-0.39, 0.29) is 11.8 Å². The summed E-state index contributed by atoms with van der Waals surface area (Å²) in [5.41, 5.74) is 1.01. The molecule has 0 radical (unpaired) electrons. The maximum absolute atomic E-state index is 12.0. The van der Waals surface area contributed by atoms with Crippen molar-refractivity contribution < 1.29 is 9.59 Å². The number of hydrogen-bond acceptors (Lipinski definition) is 3. The topological polar surface area (TPSA) is 58.2 Å². The SMILES string of the molecule is CNC(=O)c1ccccc1NC(=O)CCSc1ccccc1. The van der Waals surface area contributed by atoms with E-state index < -0.39 is 0 Å². The van der Waals surface area contributed by atoms with Crippen molar-refractivity contribution in [1.29, 1.82) is 0 Å². The van der Waals surface area contributed by atoms with Gasteiger partial charge in [-0.05, 0) is 24.3 Å². The van der Waals surface area contributed by atoms with Gasteiger partial charge in [0.05, 0.1) is 11.3 Å². The van der Waals surface area contributed by atoms with Crippen LogP contribution in [0, 0.1) is 0 Å². The molecule has 0 unspecified atom stereocenters. The number of carbonyl (C=O) groups is 2. The molecular formula is C17H18N2O2S. The molecule has 0 aromatic heterocycles. The van der Waals surface area contributed by atoms with Gasteiger partial charge in [0.25, 0.3) is 5.91 Å². The minimum atomic E-state index is -0.213. The Morgan fingerprint density at radius 3 is 2.41 bits per heavy atom.